The van der Waals surface area contributed by atoms with Crippen molar-refractivity contribution in [3.63, 3.8) is 0 Å². The largest absolute Gasteiger partial charge is 0.381 e. The van der Waals surface area contributed by atoms with Gasteiger partial charge in [-0.15, -0.1) is 0 Å². The number of ether oxygens (including phenoxy) is 1. The molecule has 1 atom stereocenters. The summed E-state index contributed by atoms with van der Waals surface area (Å²) >= 11 is 0. The smallest absolute Gasteiger partial charge is 0.317 e. The Morgan fingerprint density at radius 1 is 1.24 bits per heavy atom. The average molecular weight is 346 g/mol. The number of carbonyl (C=O) groups excluding carboxylic acids is 1. The molecule has 1 aromatic rings. The second-order valence-corrected chi connectivity index (χ2v) is 7.19. The van der Waals surface area contributed by atoms with Crippen molar-refractivity contribution in [3.8, 4) is 0 Å². The number of aryl methyl sites for hydroxylation is 2. The van der Waals surface area contributed by atoms with Crippen molar-refractivity contribution in [1.29, 1.82) is 0 Å². The summed E-state index contributed by atoms with van der Waals surface area (Å²) in [6, 6.07) is 4.31. The molecule has 6 nitrogen and oxygen atoms in total. The van der Waals surface area contributed by atoms with Gasteiger partial charge in [-0.1, -0.05) is 0 Å². The summed E-state index contributed by atoms with van der Waals surface area (Å²) in [5.41, 5.74) is 3.30. The van der Waals surface area contributed by atoms with Crippen molar-refractivity contribution >= 4 is 11.7 Å². The number of nitrogens with zero attached hydrogens (tertiary/aromatic N) is 3. The fourth-order valence-corrected chi connectivity index (χ4v) is 3.67. The topological polar surface area (TPSA) is 57.7 Å². The lowest BCUT2D eigenvalue weighted by Crippen LogP contribution is -2.52. The SMILES string of the molecule is Cc1cc(N2CCN(C(=O)NCCCC3CCOC3)CC2)cc(C)n1. The second kappa shape index (κ2) is 8.52. The molecule has 0 aromatic carbocycles. The zero-order valence-corrected chi connectivity index (χ0v) is 15.5. The monoisotopic (exact) mass is 346 g/mol. The molecule has 2 amide bonds. The Balaban J connectivity index is 1.38. The molecule has 2 saturated heterocycles. The summed E-state index contributed by atoms with van der Waals surface area (Å²) in [6.07, 6.45) is 3.36. The minimum absolute atomic E-state index is 0.0735. The maximum Gasteiger partial charge on any atom is 0.317 e. The summed E-state index contributed by atoms with van der Waals surface area (Å²) in [4.78, 5) is 21.0. The fraction of sp³-hybridized carbons (Fsp3) is 0.684. The first-order chi connectivity index (χ1) is 12.1. The van der Waals surface area contributed by atoms with E-state index in [1.54, 1.807) is 0 Å². The minimum atomic E-state index is 0.0735. The third-order valence-corrected chi connectivity index (χ3v) is 5.09. The number of hydrogen-bond acceptors (Lipinski definition) is 4. The quantitative estimate of drug-likeness (QED) is 0.832. The molecule has 0 bridgehead atoms. The van der Waals surface area contributed by atoms with E-state index in [0.29, 0.717) is 5.92 Å². The van der Waals surface area contributed by atoms with Gasteiger partial charge in [0.15, 0.2) is 0 Å². The number of pyridine rings is 1. The Hall–Kier alpha value is -1.82. The molecule has 0 aliphatic carbocycles. The number of amides is 2. The van der Waals surface area contributed by atoms with Crippen LogP contribution in [0.25, 0.3) is 0 Å². The highest BCUT2D eigenvalue weighted by Crippen LogP contribution is 2.19. The fourth-order valence-electron chi connectivity index (χ4n) is 3.67. The van der Waals surface area contributed by atoms with Crippen LogP contribution in [-0.4, -0.2) is 61.9 Å². The van der Waals surface area contributed by atoms with E-state index < -0.39 is 0 Å². The van der Waals surface area contributed by atoms with Gasteiger partial charge >= 0.3 is 6.03 Å². The molecule has 0 radical (unpaired) electrons. The summed E-state index contributed by atoms with van der Waals surface area (Å²) in [5.74, 6) is 0.688. The second-order valence-electron chi connectivity index (χ2n) is 7.19. The Morgan fingerprint density at radius 2 is 1.96 bits per heavy atom. The predicted octanol–water partition coefficient (Wildman–Crippen LogP) is 2.35. The highest BCUT2D eigenvalue weighted by Gasteiger charge is 2.21. The molecule has 138 valence electrons. The first kappa shape index (κ1) is 18.0. The van der Waals surface area contributed by atoms with Crippen molar-refractivity contribution in [2.45, 2.75) is 33.1 Å². The molecule has 3 heterocycles. The zero-order valence-electron chi connectivity index (χ0n) is 15.5. The molecule has 3 rings (SSSR count). The number of nitrogens with one attached hydrogen (secondary N) is 1. The van der Waals surface area contributed by atoms with Crippen LogP contribution in [-0.2, 0) is 4.74 Å². The van der Waals surface area contributed by atoms with E-state index in [0.717, 1.165) is 70.2 Å². The number of anilines is 1. The number of carbonyl (C=O) groups is 1. The molecule has 2 aliphatic rings. The molecule has 6 heteroatoms. The molecule has 0 saturated carbocycles. The van der Waals surface area contributed by atoms with E-state index in [-0.39, 0.29) is 6.03 Å². The number of hydrogen-bond donors (Lipinski definition) is 1. The normalized spacial score (nSPS) is 20.8. The van der Waals surface area contributed by atoms with Crippen molar-refractivity contribution in [1.82, 2.24) is 15.2 Å². The Kier molecular flexibility index (Phi) is 6.13. The maximum atomic E-state index is 12.3. The van der Waals surface area contributed by atoms with Crippen LogP contribution in [0, 0.1) is 19.8 Å². The van der Waals surface area contributed by atoms with Crippen molar-refractivity contribution in [2.24, 2.45) is 5.92 Å². The van der Waals surface area contributed by atoms with Crippen LogP contribution in [0.4, 0.5) is 10.5 Å². The molecule has 1 N–H and O–H groups in total. The Labute approximate surface area is 150 Å². The average Bonchev–Trinajstić information content (AvgIpc) is 3.11. The van der Waals surface area contributed by atoms with Gasteiger partial charge in [0, 0.05) is 63.0 Å². The molecule has 1 aromatic heterocycles. The summed E-state index contributed by atoms with van der Waals surface area (Å²) in [6.45, 7) is 9.88. The minimum Gasteiger partial charge on any atom is -0.381 e. The van der Waals surface area contributed by atoms with Crippen LogP contribution in [0.1, 0.15) is 30.7 Å². The number of piperazine rings is 1. The summed E-state index contributed by atoms with van der Waals surface area (Å²) in [5, 5.41) is 3.07. The van der Waals surface area contributed by atoms with Crippen molar-refractivity contribution in [3.05, 3.63) is 23.5 Å². The van der Waals surface area contributed by atoms with Crippen molar-refractivity contribution < 1.29 is 9.53 Å². The van der Waals surface area contributed by atoms with Crippen LogP contribution in [0.2, 0.25) is 0 Å². The summed E-state index contributed by atoms with van der Waals surface area (Å²) < 4.78 is 5.39. The van der Waals surface area contributed by atoms with Gasteiger partial charge in [-0.05, 0) is 51.2 Å². The molecule has 2 aliphatic heterocycles. The maximum absolute atomic E-state index is 12.3. The number of rotatable bonds is 5. The molecule has 1 unspecified atom stereocenters. The highest BCUT2D eigenvalue weighted by atomic mass is 16.5. The van der Waals surface area contributed by atoms with Crippen LogP contribution < -0.4 is 10.2 Å². The lowest BCUT2D eigenvalue weighted by molar-refractivity contribution is 0.183. The van der Waals surface area contributed by atoms with Crippen LogP contribution in [0.15, 0.2) is 12.1 Å². The van der Waals surface area contributed by atoms with Crippen LogP contribution >= 0.6 is 0 Å². The standard InChI is InChI=1S/C19H30N4O2/c1-15-12-18(13-16(2)21-15)22-7-9-23(10-8-22)19(24)20-6-3-4-17-5-11-25-14-17/h12-13,17H,3-11,14H2,1-2H3,(H,20,24). The van der Waals surface area contributed by atoms with E-state index >= 15 is 0 Å². The van der Waals surface area contributed by atoms with Gasteiger partial charge < -0.3 is 19.9 Å². The van der Waals surface area contributed by atoms with Gasteiger partial charge in [0.2, 0.25) is 0 Å². The van der Waals surface area contributed by atoms with Gasteiger partial charge in [0.05, 0.1) is 0 Å². The number of aromatic nitrogens is 1. The predicted molar refractivity (Wildman–Crippen MR) is 99.1 cm³/mol. The van der Waals surface area contributed by atoms with E-state index in [9.17, 15) is 4.79 Å². The third kappa shape index (κ3) is 5.08. The van der Waals surface area contributed by atoms with Gasteiger partial charge in [-0.2, -0.15) is 0 Å². The number of urea groups is 1. The first-order valence-corrected chi connectivity index (χ1v) is 9.42. The molecule has 25 heavy (non-hydrogen) atoms. The molecular weight excluding hydrogens is 316 g/mol. The third-order valence-electron chi connectivity index (χ3n) is 5.09. The molecule has 2 fully saturated rings. The van der Waals surface area contributed by atoms with Gasteiger partial charge in [0.1, 0.15) is 0 Å². The highest BCUT2D eigenvalue weighted by molar-refractivity contribution is 5.74. The lowest BCUT2D eigenvalue weighted by Gasteiger charge is -2.36. The molecular formula is C19H30N4O2. The zero-order chi connectivity index (χ0) is 17.6. The van der Waals surface area contributed by atoms with E-state index in [4.69, 9.17) is 4.74 Å². The first-order valence-electron chi connectivity index (χ1n) is 9.42. The Bertz CT molecular complexity index is 559. The van der Waals surface area contributed by atoms with E-state index in [2.05, 4.69) is 27.3 Å². The van der Waals surface area contributed by atoms with Crippen LogP contribution in [0.5, 0.6) is 0 Å². The molecule has 0 spiro atoms. The summed E-state index contributed by atoms with van der Waals surface area (Å²) in [7, 11) is 0. The van der Waals surface area contributed by atoms with Gasteiger partial charge in [-0.25, -0.2) is 4.79 Å². The Morgan fingerprint density at radius 3 is 2.60 bits per heavy atom. The van der Waals surface area contributed by atoms with E-state index in [1.165, 1.54) is 12.1 Å². The van der Waals surface area contributed by atoms with Gasteiger partial charge in [0.25, 0.3) is 0 Å². The van der Waals surface area contributed by atoms with Crippen molar-refractivity contribution in [2.75, 3.05) is 50.8 Å². The van der Waals surface area contributed by atoms with Gasteiger partial charge in [-0.3, -0.25) is 4.98 Å². The van der Waals surface area contributed by atoms with E-state index in [1.807, 2.05) is 18.7 Å². The lowest BCUT2D eigenvalue weighted by atomic mass is 10.0. The van der Waals surface area contributed by atoms with Crippen LogP contribution in [0.3, 0.4) is 0 Å².